The molecule has 0 aromatic carbocycles. The average Bonchev–Trinajstić information content (AvgIpc) is 2.30. The first-order valence-electron chi connectivity index (χ1n) is 5.86. The highest BCUT2D eigenvalue weighted by Crippen LogP contribution is 2.02. The Kier molecular flexibility index (Phi) is 8.13. The highest BCUT2D eigenvalue weighted by Gasteiger charge is 2.17. The van der Waals surface area contributed by atoms with Gasteiger partial charge in [-0.05, 0) is 20.3 Å². The van der Waals surface area contributed by atoms with Crippen LogP contribution in [0.15, 0.2) is 5.16 Å². The molecule has 0 rings (SSSR count). The Bertz CT molecular complexity index is 254. The molecule has 6 nitrogen and oxygen atoms in total. The molecule has 0 aliphatic carbocycles. The van der Waals surface area contributed by atoms with E-state index in [-0.39, 0.29) is 24.3 Å². The van der Waals surface area contributed by atoms with E-state index in [1.165, 1.54) is 0 Å². The normalized spacial score (nSPS) is 11.9. The fourth-order valence-electron chi connectivity index (χ4n) is 1.31. The third-order valence-corrected chi connectivity index (χ3v) is 2.21. The molecular weight excluding hydrogens is 222 g/mol. The summed E-state index contributed by atoms with van der Waals surface area (Å²) in [5, 5.41) is 11.4. The van der Waals surface area contributed by atoms with Crippen LogP contribution in [0, 0.1) is 0 Å². The van der Waals surface area contributed by atoms with Crippen molar-refractivity contribution in [1.29, 1.82) is 0 Å². The molecule has 0 aromatic rings. The smallest absolute Gasteiger partial charge is 0.225 e. The number of rotatable bonds is 8. The van der Waals surface area contributed by atoms with E-state index >= 15 is 0 Å². The van der Waals surface area contributed by atoms with E-state index in [0.29, 0.717) is 19.6 Å². The van der Waals surface area contributed by atoms with E-state index in [1.807, 2.05) is 20.8 Å². The van der Waals surface area contributed by atoms with Gasteiger partial charge in [0.1, 0.15) is 0 Å². The van der Waals surface area contributed by atoms with Gasteiger partial charge in [0.05, 0.1) is 19.6 Å². The average molecular weight is 245 g/mol. The second-order valence-corrected chi connectivity index (χ2v) is 4.07. The van der Waals surface area contributed by atoms with Gasteiger partial charge in [0, 0.05) is 12.6 Å². The maximum Gasteiger partial charge on any atom is 0.225 e. The number of hydrogen-bond donors (Lipinski definition) is 2. The maximum atomic E-state index is 11.9. The van der Waals surface area contributed by atoms with Gasteiger partial charge in [-0.1, -0.05) is 12.1 Å². The number of amidine groups is 1. The minimum atomic E-state index is -0.0531. The lowest BCUT2D eigenvalue weighted by Crippen LogP contribution is -2.43. The summed E-state index contributed by atoms with van der Waals surface area (Å²) < 4.78 is 5.26. The minimum Gasteiger partial charge on any atom is -0.409 e. The van der Waals surface area contributed by atoms with Gasteiger partial charge in [0.2, 0.25) is 5.91 Å². The summed E-state index contributed by atoms with van der Waals surface area (Å²) in [6.07, 6.45) is 1.25. The molecule has 0 aliphatic rings. The number of ether oxygens (including phenoxy) is 1. The van der Waals surface area contributed by atoms with Crippen LogP contribution in [-0.2, 0) is 9.53 Å². The lowest BCUT2D eigenvalue weighted by molar-refractivity contribution is -0.133. The third kappa shape index (κ3) is 6.78. The largest absolute Gasteiger partial charge is 0.409 e. The molecule has 0 aliphatic heterocycles. The molecule has 0 heterocycles. The van der Waals surface area contributed by atoms with Gasteiger partial charge in [-0.25, -0.2) is 0 Å². The number of hydrogen-bond acceptors (Lipinski definition) is 4. The topological polar surface area (TPSA) is 88.2 Å². The van der Waals surface area contributed by atoms with E-state index in [9.17, 15) is 4.79 Å². The van der Waals surface area contributed by atoms with Crippen molar-refractivity contribution in [3.8, 4) is 0 Å². The van der Waals surface area contributed by atoms with Crippen molar-refractivity contribution in [2.45, 2.75) is 39.7 Å². The van der Waals surface area contributed by atoms with Gasteiger partial charge in [-0.2, -0.15) is 0 Å². The van der Waals surface area contributed by atoms with Gasteiger partial charge in [-0.3, -0.25) is 4.79 Å². The Labute approximate surface area is 102 Å². The summed E-state index contributed by atoms with van der Waals surface area (Å²) in [4.78, 5) is 13.4. The molecule has 0 spiro atoms. The van der Waals surface area contributed by atoms with Crippen molar-refractivity contribution in [3.63, 3.8) is 0 Å². The van der Waals surface area contributed by atoms with E-state index in [0.717, 1.165) is 6.42 Å². The van der Waals surface area contributed by atoms with Crippen LogP contribution in [-0.4, -0.2) is 47.7 Å². The molecule has 0 fully saturated rings. The molecule has 0 aromatic heterocycles. The summed E-state index contributed by atoms with van der Waals surface area (Å²) in [6, 6.07) is 0.00831. The van der Waals surface area contributed by atoms with Crippen LogP contribution < -0.4 is 5.73 Å². The van der Waals surface area contributed by atoms with Crippen LogP contribution in [0.1, 0.15) is 33.6 Å². The van der Waals surface area contributed by atoms with E-state index in [4.69, 9.17) is 15.7 Å². The molecule has 0 saturated carbocycles. The molecule has 0 radical (unpaired) electrons. The van der Waals surface area contributed by atoms with Crippen LogP contribution in [0.2, 0.25) is 0 Å². The number of carbonyl (C=O) groups excluding carboxylic acids is 1. The standard InChI is InChI=1S/C11H23N3O3/c1-4-6-17-7-5-11(15)14(9(2)3)8-10(12)13-16/h9,16H,4-8H2,1-3H3,(H2,12,13). The van der Waals surface area contributed by atoms with Crippen molar-refractivity contribution >= 4 is 11.7 Å². The van der Waals surface area contributed by atoms with E-state index < -0.39 is 0 Å². The fraction of sp³-hybridized carbons (Fsp3) is 0.818. The lowest BCUT2D eigenvalue weighted by atomic mass is 10.2. The van der Waals surface area contributed by atoms with E-state index in [1.54, 1.807) is 4.90 Å². The molecular formula is C11H23N3O3. The summed E-state index contributed by atoms with van der Waals surface area (Å²) in [5.41, 5.74) is 5.40. The van der Waals surface area contributed by atoms with Crippen LogP contribution in [0.3, 0.4) is 0 Å². The van der Waals surface area contributed by atoms with Gasteiger partial charge < -0.3 is 20.6 Å². The van der Waals surface area contributed by atoms with Crippen LogP contribution >= 0.6 is 0 Å². The van der Waals surface area contributed by atoms with Gasteiger partial charge >= 0.3 is 0 Å². The van der Waals surface area contributed by atoms with Crippen molar-refractivity contribution < 1.29 is 14.7 Å². The Morgan fingerprint density at radius 1 is 1.47 bits per heavy atom. The number of nitrogens with two attached hydrogens (primary N) is 1. The zero-order valence-corrected chi connectivity index (χ0v) is 10.8. The first-order valence-corrected chi connectivity index (χ1v) is 5.86. The first kappa shape index (κ1) is 15.7. The Balaban J connectivity index is 4.16. The zero-order chi connectivity index (χ0) is 13.3. The van der Waals surface area contributed by atoms with Crippen molar-refractivity contribution in [1.82, 2.24) is 4.90 Å². The highest BCUT2D eigenvalue weighted by atomic mass is 16.5. The second-order valence-electron chi connectivity index (χ2n) is 4.07. The number of carbonyl (C=O) groups is 1. The Morgan fingerprint density at radius 2 is 2.12 bits per heavy atom. The first-order chi connectivity index (χ1) is 8.02. The predicted octanol–water partition coefficient (Wildman–Crippen LogP) is 0.787. The Hall–Kier alpha value is -1.30. The van der Waals surface area contributed by atoms with Crippen molar-refractivity contribution in [2.24, 2.45) is 10.9 Å². The molecule has 17 heavy (non-hydrogen) atoms. The molecule has 3 N–H and O–H groups in total. The van der Waals surface area contributed by atoms with E-state index in [2.05, 4.69) is 5.16 Å². The quantitative estimate of drug-likeness (QED) is 0.217. The minimum absolute atomic E-state index is 0.00831. The summed E-state index contributed by atoms with van der Waals surface area (Å²) in [6.45, 7) is 6.99. The van der Waals surface area contributed by atoms with Crippen LogP contribution in [0.4, 0.5) is 0 Å². The van der Waals surface area contributed by atoms with Crippen molar-refractivity contribution in [3.05, 3.63) is 0 Å². The molecule has 6 heteroatoms. The predicted molar refractivity (Wildman–Crippen MR) is 66.0 cm³/mol. The summed E-state index contributed by atoms with van der Waals surface area (Å²) in [7, 11) is 0. The molecule has 0 saturated heterocycles. The number of nitrogens with zero attached hydrogens (tertiary/aromatic N) is 2. The zero-order valence-electron chi connectivity index (χ0n) is 10.8. The highest BCUT2D eigenvalue weighted by molar-refractivity contribution is 5.87. The SMILES string of the molecule is CCCOCCC(=O)N(CC(N)=NO)C(C)C. The molecule has 1 amide bonds. The molecule has 100 valence electrons. The lowest BCUT2D eigenvalue weighted by Gasteiger charge is -2.26. The number of amides is 1. The monoisotopic (exact) mass is 245 g/mol. The van der Waals surface area contributed by atoms with Gasteiger partial charge in [0.25, 0.3) is 0 Å². The summed E-state index contributed by atoms with van der Waals surface area (Å²) >= 11 is 0. The number of oxime groups is 1. The Morgan fingerprint density at radius 3 is 2.59 bits per heavy atom. The molecule has 0 atom stereocenters. The third-order valence-electron chi connectivity index (χ3n) is 2.21. The molecule has 0 unspecified atom stereocenters. The fourth-order valence-corrected chi connectivity index (χ4v) is 1.31. The van der Waals surface area contributed by atoms with Crippen molar-refractivity contribution in [2.75, 3.05) is 19.8 Å². The molecule has 0 bridgehead atoms. The van der Waals surface area contributed by atoms with Crippen LogP contribution in [0.5, 0.6) is 0 Å². The van der Waals surface area contributed by atoms with Gasteiger partial charge in [-0.15, -0.1) is 0 Å². The second kappa shape index (κ2) is 8.81. The maximum absolute atomic E-state index is 11.9. The van der Waals surface area contributed by atoms with Gasteiger partial charge in [0.15, 0.2) is 5.84 Å². The summed E-state index contributed by atoms with van der Waals surface area (Å²) in [5.74, 6) is -0.0239. The van der Waals surface area contributed by atoms with Crippen LogP contribution in [0.25, 0.3) is 0 Å².